The Morgan fingerprint density at radius 1 is 0.388 bits per heavy atom. The lowest BCUT2D eigenvalue weighted by atomic mass is 10.0. The number of anilines is 3. The van der Waals surface area contributed by atoms with Gasteiger partial charge in [-0.2, -0.15) is 0 Å². The third-order valence-corrected chi connectivity index (χ3v) is 9.74. The van der Waals surface area contributed by atoms with Crippen molar-refractivity contribution in [3.63, 3.8) is 0 Å². The topological polar surface area (TPSA) is 21.3 Å². The fraction of sp³-hybridized carbons (Fsp3) is 0. The summed E-state index contributed by atoms with van der Waals surface area (Å²) in [6.45, 7) is 0. The van der Waals surface area contributed by atoms with Crippen LogP contribution in [0.5, 0.6) is 0 Å². The van der Waals surface area contributed by atoms with Gasteiger partial charge in [-0.15, -0.1) is 0 Å². The number of benzene rings is 8. The van der Waals surface area contributed by atoms with Crippen molar-refractivity contribution >= 4 is 71.6 Å². The summed E-state index contributed by atoms with van der Waals surface area (Å²) in [5.74, 6) is 0. The minimum atomic E-state index is 0.855. The molecule has 2 heterocycles. The summed E-state index contributed by atoms with van der Waals surface area (Å²) in [6.07, 6.45) is 0. The molecule has 0 saturated carbocycles. The zero-order valence-corrected chi connectivity index (χ0v) is 26.6. The monoisotopic (exact) mass is 626 g/mol. The molecule has 10 aromatic rings. The van der Waals surface area contributed by atoms with Gasteiger partial charge in [0.05, 0.1) is 22.1 Å². The molecule has 49 heavy (non-hydrogen) atoms. The van der Waals surface area contributed by atoms with Crippen molar-refractivity contribution < 1.29 is 4.42 Å². The smallest absolute Gasteiger partial charge is 0.137 e. The number of hydrogen-bond acceptors (Lipinski definition) is 2. The first kappa shape index (κ1) is 27.5. The lowest BCUT2D eigenvalue weighted by molar-refractivity contribution is 0.669. The van der Waals surface area contributed by atoms with Crippen molar-refractivity contribution in [2.45, 2.75) is 0 Å². The van der Waals surface area contributed by atoms with Gasteiger partial charge in [-0.05, 0) is 88.6 Å². The molecule has 0 aliphatic heterocycles. The summed E-state index contributed by atoms with van der Waals surface area (Å²) >= 11 is 0. The first-order chi connectivity index (χ1) is 24.3. The number of rotatable bonds is 5. The highest BCUT2D eigenvalue weighted by Crippen LogP contribution is 2.42. The molecule has 0 spiro atoms. The van der Waals surface area contributed by atoms with E-state index in [4.69, 9.17) is 4.42 Å². The van der Waals surface area contributed by atoms with E-state index in [-0.39, 0.29) is 0 Å². The van der Waals surface area contributed by atoms with Crippen LogP contribution in [0, 0.1) is 0 Å². The van der Waals surface area contributed by atoms with Crippen LogP contribution in [0.3, 0.4) is 0 Å². The van der Waals surface area contributed by atoms with Crippen LogP contribution in [0.1, 0.15) is 0 Å². The van der Waals surface area contributed by atoms with Crippen LogP contribution in [-0.4, -0.2) is 4.57 Å². The van der Waals surface area contributed by atoms with Gasteiger partial charge in [-0.1, -0.05) is 109 Å². The van der Waals surface area contributed by atoms with Crippen LogP contribution in [-0.2, 0) is 0 Å². The van der Waals surface area contributed by atoms with Crippen LogP contribution < -0.4 is 4.90 Å². The second-order valence-corrected chi connectivity index (χ2v) is 12.6. The maximum absolute atomic E-state index is 6.69. The lowest BCUT2D eigenvalue weighted by Gasteiger charge is -2.25. The molecule has 0 atom stereocenters. The SMILES string of the molecule is c1ccc(-c2ccc(N(c3ccccc3)c3ccc4c(c3)oc3cccc(-n5c6ccccc6c6cc7ccccc7cc65)c34)cc2)cc1. The van der Waals surface area contributed by atoms with Crippen molar-refractivity contribution in [2.24, 2.45) is 0 Å². The normalized spacial score (nSPS) is 11.7. The molecule has 0 radical (unpaired) electrons. The van der Waals surface area contributed by atoms with E-state index in [0.717, 1.165) is 44.7 Å². The summed E-state index contributed by atoms with van der Waals surface area (Å²) in [4.78, 5) is 2.29. The van der Waals surface area contributed by atoms with Crippen LogP contribution in [0.2, 0.25) is 0 Å². The average Bonchev–Trinajstić information content (AvgIpc) is 3.70. The average molecular weight is 627 g/mol. The number of hydrogen-bond donors (Lipinski definition) is 0. The van der Waals surface area contributed by atoms with E-state index in [2.05, 4.69) is 191 Å². The van der Waals surface area contributed by atoms with Crippen LogP contribution >= 0.6 is 0 Å². The Kier molecular flexibility index (Phi) is 6.18. The van der Waals surface area contributed by atoms with Crippen molar-refractivity contribution in [3.8, 4) is 16.8 Å². The van der Waals surface area contributed by atoms with Crippen molar-refractivity contribution in [1.29, 1.82) is 0 Å². The Balaban J connectivity index is 1.16. The summed E-state index contributed by atoms with van der Waals surface area (Å²) in [6, 6.07) is 64.8. The van der Waals surface area contributed by atoms with E-state index >= 15 is 0 Å². The van der Waals surface area contributed by atoms with Crippen LogP contribution in [0.15, 0.2) is 186 Å². The Bertz CT molecular complexity index is 2810. The van der Waals surface area contributed by atoms with E-state index in [1.54, 1.807) is 0 Å². The molecule has 0 bridgehead atoms. The molecule has 3 nitrogen and oxygen atoms in total. The predicted octanol–water partition coefficient (Wildman–Crippen LogP) is 13.0. The van der Waals surface area contributed by atoms with Crippen LogP contribution in [0.25, 0.3) is 71.3 Å². The molecular weight excluding hydrogens is 597 g/mol. The molecule has 2 aromatic heterocycles. The Morgan fingerprint density at radius 3 is 1.86 bits per heavy atom. The lowest BCUT2D eigenvalue weighted by Crippen LogP contribution is -2.09. The standard InChI is InChI=1S/C46H30N2O/c1-3-12-31(13-4-1)32-22-24-36(25-23-32)47(35-16-5-2-6-17-35)37-26-27-39-45(30-37)49-44-21-11-20-42(46(39)44)48-41-19-10-9-18-38(41)40-28-33-14-7-8-15-34(33)29-43(40)48/h1-30H. The molecule has 0 fully saturated rings. The first-order valence-corrected chi connectivity index (χ1v) is 16.7. The highest BCUT2D eigenvalue weighted by molar-refractivity contribution is 6.17. The predicted molar refractivity (Wildman–Crippen MR) is 206 cm³/mol. The van der Waals surface area contributed by atoms with Gasteiger partial charge in [0.2, 0.25) is 0 Å². The van der Waals surface area contributed by atoms with Gasteiger partial charge in [0.1, 0.15) is 11.2 Å². The second-order valence-electron chi connectivity index (χ2n) is 12.6. The largest absolute Gasteiger partial charge is 0.456 e. The van der Waals surface area contributed by atoms with E-state index in [0.29, 0.717) is 0 Å². The van der Waals surface area contributed by atoms with E-state index in [1.165, 1.54) is 43.7 Å². The molecule has 0 aliphatic rings. The molecule has 0 amide bonds. The van der Waals surface area contributed by atoms with Gasteiger partial charge in [0.15, 0.2) is 0 Å². The first-order valence-electron chi connectivity index (χ1n) is 16.7. The number of furan rings is 1. The quantitative estimate of drug-likeness (QED) is 0.190. The molecule has 230 valence electrons. The number of para-hydroxylation sites is 2. The highest BCUT2D eigenvalue weighted by atomic mass is 16.3. The van der Waals surface area contributed by atoms with Crippen molar-refractivity contribution in [1.82, 2.24) is 4.57 Å². The summed E-state index contributed by atoms with van der Waals surface area (Å²) in [7, 11) is 0. The van der Waals surface area contributed by atoms with E-state index in [1.807, 2.05) is 0 Å². The molecule has 0 unspecified atom stereocenters. The Morgan fingerprint density at radius 2 is 1.04 bits per heavy atom. The highest BCUT2D eigenvalue weighted by Gasteiger charge is 2.20. The molecular formula is C46H30N2O. The fourth-order valence-corrected chi connectivity index (χ4v) is 7.49. The van der Waals surface area contributed by atoms with Gasteiger partial charge in [0.25, 0.3) is 0 Å². The van der Waals surface area contributed by atoms with Crippen LogP contribution in [0.4, 0.5) is 17.1 Å². The zero-order chi connectivity index (χ0) is 32.3. The molecule has 0 saturated heterocycles. The summed E-state index contributed by atoms with van der Waals surface area (Å²) in [5.41, 5.74) is 10.8. The maximum atomic E-state index is 6.69. The number of aromatic nitrogens is 1. The number of fused-ring (bicyclic) bond motifs is 7. The Labute approximate surface area is 283 Å². The summed E-state index contributed by atoms with van der Waals surface area (Å²) in [5, 5.41) is 7.16. The van der Waals surface area contributed by atoms with Gasteiger partial charge in [-0.25, -0.2) is 0 Å². The third kappa shape index (κ3) is 4.44. The van der Waals surface area contributed by atoms with Gasteiger partial charge in [0, 0.05) is 39.3 Å². The van der Waals surface area contributed by atoms with Gasteiger partial charge in [-0.3, -0.25) is 0 Å². The maximum Gasteiger partial charge on any atom is 0.137 e. The minimum Gasteiger partial charge on any atom is -0.456 e. The zero-order valence-electron chi connectivity index (χ0n) is 26.6. The van der Waals surface area contributed by atoms with Crippen molar-refractivity contribution in [3.05, 3.63) is 182 Å². The molecule has 10 rings (SSSR count). The Hall–Kier alpha value is -6.58. The molecule has 0 N–H and O–H groups in total. The molecule has 3 heteroatoms. The van der Waals surface area contributed by atoms with E-state index < -0.39 is 0 Å². The molecule has 8 aromatic carbocycles. The van der Waals surface area contributed by atoms with Gasteiger partial charge >= 0.3 is 0 Å². The van der Waals surface area contributed by atoms with Crippen molar-refractivity contribution in [2.75, 3.05) is 4.90 Å². The third-order valence-electron chi connectivity index (χ3n) is 9.74. The fourth-order valence-electron chi connectivity index (χ4n) is 7.49. The second kappa shape index (κ2) is 11.0. The number of nitrogens with zero attached hydrogens (tertiary/aromatic N) is 2. The van der Waals surface area contributed by atoms with E-state index in [9.17, 15) is 0 Å². The minimum absolute atomic E-state index is 0.855. The summed E-state index contributed by atoms with van der Waals surface area (Å²) < 4.78 is 9.09. The molecule has 0 aliphatic carbocycles. The van der Waals surface area contributed by atoms with Gasteiger partial charge < -0.3 is 13.9 Å².